The molecule has 0 aliphatic heterocycles. The summed E-state index contributed by atoms with van der Waals surface area (Å²) < 4.78 is 0. The Kier molecular flexibility index (Phi) is 5.36. The maximum atomic E-state index is 11.3. The molecule has 4 nitrogen and oxygen atoms in total. The predicted molar refractivity (Wildman–Crippen MR) is 65.9 cm³/mol. The summed E-state index contributed by atoms with van der Waals surface area (Å²) in [6, 6.07) is 7.64. The van der Waals surface area contributed by atoms with Gasteiger partial charge < -0.3 is 16.4 Å². The van der Waals surface area contributed by atoms with Crippen molar-refractivity contribution in [2.24, 2.45) is 0 Å². The normalized spacial score (nSPS) is 10.1. The number of benzene rings is 1. The zero-order valence-corrected chi connectivity index (χ0v) is 9.62. The van der Waals surface area contributed by atoms with Crippen molar-refractivity contribution in [2.45, 2.75) is 19.9 Å². The Balaban J connectivity index is 2.25. The minimum Gasteiger partial charge on any atom is -0.398 e. The number of hydrogen-bond acceptors (Lipinski definition) is 3. The summed E-state index contributed by atoms with van der Waals surface area (Å²) in [6.45, 7) is 3.70. The Hall–Kier alpha value is -1.55. The highest BCUT2D eigenvalue weighted by atomic mass is 16.1. The molecule has 16 heavy (non-hydrogen) atoms. The molecule has 0 fully saturated rings. The molecule has 1 aromatic rings. The molecule has 1 rings (SSSR count). The Labute approximate surface area is 96.2 Å². The van der Waals surface area contributed by atoms with Gasteiger partial charge in [-0.2, -0.15) is 0 Å². The molecule has 0 aromatic heterocycles. The zero-order valence-electron chi connectivity index (χ0n) is 9.62. The molecule has 0 aliphatic rings. The van der Waals surface area contributed by atoms with E-state index in [1.54, 1.807) is 0 Å². The first-order valence-electron chi connectivity index (χ1n) is 5.55. The molecule has 0 radical (unpaired) electrons. The molecule has 0 saturated carbocycles. The molecular formula is C12H19N3O. The van der Waals surface area contributed by atoms with Crippen LogP contribution in [0.15, 0.2) is 24.3 Å². The molecule has 0 spiro atoms. The van der Waals surface area contributed by atoms with Crippen LogP contribution in [0.25, 0.3) is 0 Å². The van der Waals surface area contributed by atoms with Gasteiger partial charge in [0.2, 0.25) is 5.91 Å². The highest BCUT2D eigenvalue weighted by Crippen LogP contribution is 2.09. The predicted octanol–water partition coefficient (Wildman–Crippen LogP) is 0.885. The lowest BCUT2D eigenvalue weighted by atomic mass is 10.2. The van der Waals surface area contributed by atoms with Gasteiger partial charge in [-0.25, -0.2) is 0 Å². The highest BCUT2D eigenvalue weighted by Gasteiger charge is 2.00. The van der Waals surface area contributed by atoms with E-state index in [1.807, 2.05) is 31.2 Å². The van der Waals surface area contributed by atoms with Crippen LogP contribution in [0.4, 0.5) is 5.69 Å². The SMILES string of the molecule is CCCNC(=O)CNCc1ccccc1N. The molecule has 0 bridgehead atoms. The Morgan fingerprint density at radius 1 is 1.38 bits per heavy atom. The number of para-hydroxylation sites is 1. The highest BCUT2D eigenvalue weighted by molar-refractivity contribution is 5.77. The maximum absolute atomic E-state index is 11.3. The number of carbonyl (C=O) groups excluding carboxylic acids is 1. The second-order valence-electron chi connectivity index (χ2n) is 3.65. The quantitative estimate of drug-likeness (QED) is 0.625. The van der Waals surface area contributed by atoms with E-state index >= 15 is 0 Å². The van der Waals surface area contributed by atoms with Crippen LogP contribution in [0.1, 0.15) is 18.9 Å². The summed E-state index contributed by atoms with van der Waals surface area (Å²) in [6.07, 6.45) is 0.956. The smallest absolute Gasteiger partial charge is 0.233 e. The number of rotatable bonds is 6. The van der Waals surface area contributed by atoms with Gasteiger partial charge in [-0.1, -0.05) is 25.1 Å². The monoisotopic (exact) mass is 221 g/mol. The first kappa shape index (κ1) is 12.5. The van der Waals surface area contributed by atoms with E-state index in [2.05, 4.69) is 10.6 Å². The van der Waals surface area contributed by atoms with E-state index in [4.69, 9.17) is 5.73 Å². The number of carbonyl (C=O) groups is 1. The number of amides is 1. The Bertz CT molecular complexity index is 339. The molecule has 0 heterocycles. The van der Waals surface area contributed by atoms with Crippen LogP contribution >= 0.6 is 0 Å². The lowest BCUT2D eigenvalue weighted by molar-refractivity contribution is -0.120. The fourth-order valence-electron chi connectivity index (χ4n) is 1.33. The van der Waals surface area contributed by atoms with E-state index in [0.29, 0.717) is 13.1 Å². The van der Waals surface area contributed by atoms with Gasteiger partial charge in [0.15, 0.2) is 0 Å². The van der Waals surface area contributed by atoms with Crippen molar-refractivity contribution >= 4 is 11.6 Å². The molecule has 0 atom stereocenters. The van der Waals surface area contributed by atoms with Crippen molar-refractivity contribution in [3.63, 3.8) is 0 Å². The van der Waals surface area contributed by atoms with E-state index < -0.39 is 0 Å². The average molecular weight is 221 g/mol. The summed E-state index contributed by atoms with van der Waals surface area (Å²) in [5, 5.41) is 5.86. The first-order chi connectivity index (χ1) is 7.74. The van der Waals surface area contributed by atoms with Crippen LogP contribution in [0.2, 0.25) is 0 Å². The molecule has 0 aliphatic carbocycles. The van der Waals surface area contributed by atoms with Crippen LogP contribution in [-0.2, 0) is 11.3 Å². The zero-order chi connectivity index (χ0) is 11.8. The summed E-state index contributed by atoms with van der Waals surface area (Å²) in [7, 11) is 0. The standard InChI is InChI=1S/C12H19N3O/c1-2-7-15-12(16)9-14-8-10-5-3-4-6-11(10)13/h3-6,14H,2,7-9,13H2,1H3,(H,15,16). The van der Waals surface area contributed by atoms with Crippen LogP contribution in [0.3, 0.4) is 0 Å². The van der Waals surface area contributed by atoms with Crippen LogP contribution in [0, 0.1) is 0 Å². The van der Waals surface area contributed by atoms with E-state index in [1.165, 1.54) is 0 Å². The van der Waals surface area contributed by atoms with E-state index in [-0.39, 0.29) is 5.91 Å². The van der Waals surface area contributed by atoms with Crippen LogP contribution < -0.4 is 16.4 Å². The molecular weight excluding hydrogens is 202 g/mol. The number of nitrogens with one attached hydrogen (secondary N) is 2. The molecule has 88 valence electrons. The first-order valence-corrected chi connectivity index (χ1v) is 5.55. The minimum atomic E-state index is 0.0244. The third kappa shape index (κ3) is 4.31. The van der Waals surface area contributed by atoms with Crippen molar-refractivity contribution in [3.05, 3.63) is 29.8 Å². The lowest BCUT2D eigenvalue weighted by Crippen LogP contribution is -2.34. The van der Waals surface area contributed by atoms with Crippen molar-refractivity contribution in [2.75, 3.05) is 18.8 Å². The van der Waals surface area contributed by atoms with Gasteiger partial charge in [-0.15, -0.1) is 0 Å². The fraction of sp³-hybridized carbons (Fsp3) is 0.417. The van der Waals surface area contributed by atoms with Gasteiger partial charge in [0.25, 0.3) is 0 Å². The second kappa shape index (κ2) is 6.85. The van der Waals surface area contributed by atoms with E-state index in [9.17, 15) is 4.79 Å². The number of anilines is 1. The Morgan fingerprint density at radius 2 is 2.12 bits per heavy atom. The van der Waals surface area contributed by atoms with Gasteiger partial charge in [0.05, 0.1) is 6.54 Å². The van der Waals surface area contributed by atoms with Gasteiger partial charge in [-0.3, -0.25) is 4.79 Å². The third-order valence-corrected chi connectivity index (χ3v) is 2.23. The summed E-state index contributed by atoms with van der Waals surface area (Å²) in [5.41, 5.74) is 7.55. The van der Waals surface area contributed by atoms with Gasteiger partial charge in [0, 0.05) is 18.8 Å². The van der Waals surface area contributed by atoms with Crippen molar-refractivity contribution in [1.29, 1.82) is 0 Å². The minimum absolute atomic E-state index is 0.0244. The molecule has 0 saturated heterocycles. The van der Waals surface area contributed by atoms with Crippen LogP contribution in [-0.4, -0.2) is 19.0 Å². The topological polar surface area (TPSA) is 67.2 Å². The third-order valence-electron chi connectivity index (χ3n) is 2.23. The van der Waals surface area contributed by atoms with Crippen molar-refractivity contribution < 1.29 is 4.79 Å². The maximum Gasteiger partial charge on any atom is 0.233 e. The Morgan fingerprint density at radius 3 is 2.81 bits per heavy atom. The van der Waals surface area contributed by atoms with Gasteiger partial charge >= 0.3 is 0 Å². The summed E-state index contributed by atoms with van der Waals surface area (Å²) >= 11 is 0. The summed E-state index contributed by atoms with van der Waals surface area (Å²) in [5.74, 6) is 0.0244. The number of nitrogen functional groups attached to an aromatic ring is 1. The second-order valence-corrected chi connectivity index (χ2v) is 3.65. The molecule has 0 unspecified atom stereocenters. The number of hydrogen-bond donors (Lipinski definition) is 3. The largest absolute Gasteiger partial charge is 0.398 e. The summed E-state index contributed by atoms with van der Waals surface area (Å²) in [4.78, 5) is 11.3. The molecule has 1 amide bonds. The molecule has 4 heteroatoms. The fourth-order valence-corrected chi connectivity index (χ4v) is 1.33. The molecule has 1 aromatic carbocycles. The van der Waals surface area contributed by atoms with Crippen LogP contribution in [0.5, 0.6) is 0 Å². The average Bonchev–Trinajstić information content (AvgIpc) is 2.29. The van der Waals surface area contributed by atoms with Gasteiger partial charge in [0.1, 0.15) is 0 Å². The molecule has 4 N–H and O–H groups in total. The number of nitrogens with two attached hydrogens (primary N) is 1. The van der Waals surface area contributed by atoms with Crippen molar-refractivity contribution in [3.8, 4) is 0 Å². The lowest BCUT2D eigenvalue weighted by Gasteiger charge is -2.07. The van der Waals surface area contributed by atoms with E-state index in [0.717, 1.165) is 24.2 Å². The van der Waals surface area contributed by atoms with Crippen molar-refractivity contribution in [1.82, 2.24) is 10.6 Å². The van der Waals surface area contributed by atoms with Gasteiger partial charge in [-0.05, 0) is 18.1 Å².